The zero-order valence-corrected chi connectivity index (χ0v) is 25.6. The largest absolute Gasteiger partial charge is 0.400 e. The standard InChI is InChI=1S/C35H45NO2Si/c1-28(16-15-17-29(2)27-37)23-24-34(30(3)26-31-18-13-14-25-36-31)38-39(35(4,5)6,32-19-9-7-10-20-32)33-21-11-8-12-22-33/h7-14,18-23,25-27,29,34H,15-17,24H2,1-6H3/b28-23?,30-26+. The molecule has 1 aromatic heterocycles. The molecule has 0 saturated heterocycles. The van der Waals surface area contributed by atoms with Gasteiger partial charge in [0, 0.05) is 12.1 Å². The molecule has 0 saturated carbocycles. The molecule has 0 aliphatic heterocycles. The second-order valence-corrected chi connectivity index (χ2v) is 16.0. The molecule has 0 aliphatic carbocycles. The first-order chi connectivity index (χ1) is 18.7. The summed E-state index contributed by atoms with van der Waals surface area (Å²) in [5.41, 5.74) is 3.45. The molecule has 0 fully saturated rings. The summed E-state index contributed by atoms with van der Waals surface area (Å²) in [5.74, 6) is 0.118. The lowest BCUT2D eigenvalue weighted by atomic mass is 10.0. The molecular formula is C35H45NO2Si. The molecule has 39 heavy (non-hydrogen) atoms. The normalized spacial score (nSPS) is 14.6. The van der Waals surface area contributed by atoms with Crippen LogP contribution in [0.4, 0.5) is 0 Å². The first-order valence-corrected chi connectivity index (χ1v) is 16.1. The van der Waals surface area contributed by atoms with Crippen LogP contribution in [0, 0.1) is 5.92 Å². The molecule has 2 unspecified atom stereocenters. The highest BCUT2D eigenvalue weighted by atomic mass is 28.4. The minimum atomic E-state index is -2.74. The number of carbonyl (C=O) groups excluding carboxylic acids is 1. The molecule has 3 aromatic rings. The lowest BCUT2D eigenvalue weighted by Gasteiger charge is -2.45. The van der Waals surface area contributed by atoms with Crippen molar-refractivity contribution in [2.75, 3.05) is 0 Å². The maximum absolute atomic E-state index is 11.0. The first kappa shape index (κ1) is 30.5. The summed E-state index contributed by atoms with van der Waals surface area (Å²) in [6.45, 7) is 13.3. The van der Waals surface area contributed by atoms with Crippen LogP contribution in [0.15, 0.2) is 102 Å². The van der Waals surface area contributed by atoms with E-state index in [0.29, 0.717) is 0 Å². The molecule has 0 aliphatic rings. The van der Waals surface area contributed by atoms with Crippen molar-refractivity contribution in [1.29, 1.82) is 0 Å². The summed E-state index contributed by atoms with van der Waals surface area (Å²) in [6, 6.07) is 27.7. The van der Waals surface area contributed by atoms with E-state index in [9.17, 15) is 4.79 Å². The van der Waals surface area contributed by atoms with Gasteiger partial charge in [-0.1, -0.05) is 106 Å². The van der Waals surface area contributed by atoms with Gasteiger partial charge in [-0.05, 0) is 78.7 Å². The molecule has 3 rings (SSSR count). The van der Waals surface area contributed by atoms with Gasteiger partial charge in [-0.3, -0.25) is 4.98 Å². The molecular weight excluding hydrogens is 494 g/mol. The van der Waals surface area contributed by atoms with Crippen LogP contribution in [0.5, 0.6) is 0 Å². The third-order valence-electron chi connectivity index (χ3n) is 7.45. The van der Waals surface area contributed by atoms with E-state index in [-0.39, 0.29) is 17.1 Å². The number of rotatable bonds is 13. The topological polar surface area (TPSA) is 39.2 Å². The fourth-order valence-corrected chi connectivity index (χ4v) is 9.92. The van der Waals surface area contributed by atoms with Crippen molar-refractivity contribution >= 4 is 31.1 Å². The van der Waals surface area contributed by atoms with Crippen molar-refractivity contribution in [2.45, 2.75) is 78.4 Å². The van der Waals surface area contributed by atoms with Gasteiger partial charge in [0.2, 0.25) is 0 Å². The molecule has 1 heterocycles. The number of benzene rings is 2. The molecule has 0 spiro atoms. The van der Waals surface area contributed by atoms with E-state index >= 15 is 0 Å². The van der Waals surface area contributed by atoms with E-state index in [1.807, 2.05) is 31.3 Å². The molecule has 206 valence electrons. The average molecular weight is 540 g/mol. The molecule has 0 amide bonds. The van der Waals surface area contributed by atoms with Crippen molar-refractivity contribution in [3.05, 3.63) is 108 Å². The highest BCUT2D eigenvalue weighted by molar-refractivity contribution is 6.99. The third-order valence-corrected chi connectivity index (χ3v) is 12.5. The first-order valence-electron chi connectivity index (χ1n) is 14.2. The van der Waals surface area contributed by atoms with Gasteiger partial charge in [-0.25, -0.2) is 0 Å². The summed E-state index contributed by atoms with van der Waals surface area (Å²) >= 11 is 0. The van der Waals surface area contributed by atoms with E-state index in [0.717, 1.165) is 37.7 Å². The van der Waals surface area contributed by atoms with Gasteiger partial charge in [-0.15, -0.1) is 0 Å². The van der Waals surface area contributed by atoms with E-state index < -0.39 is 8.32 Å². The SMILES string of the molecule is CC(=CCC(O[Si](c1ccccc1)(c1ccccc1)C(C)(C)C)/C(C)=C/c1ccccn1)CCCC(C)C=O. The Kier molecular flexibility index (Phi) is 11.2. The molecule has 2 aromatic carbocycles. The fraction of sp³-hybridized carbons (Fsp3) is 0.371. The second-order valence-electron chi connectivity index (χ2n) is 11.7. The Balaban J connectivity index is 2.06. The van der Waals surface area contributed by atoms with E-state index in [1.54, 1.807) is 0 Å². The molecule has 0 radical (unpaired) electrons. The van der Waals surface area contributed by atoms with Gasteiger partial charge in [0.25, 0.3) is 8.32 Å². The highest BCUT2D eigenvalue weighted by Crippen LogP contribution is 2.39. The van der Waals surface area contributed by atoms with Gasteiger partial charge in [-0.2, -0.15) is 0 Å². The number of nitrogens with zero attached hydrogens (tertiary/aromatic N) is 1. The predicted molar refractivity (Wildman–Crippen MR) is 168 cm³/mol. The lowest BCUT2D eigenvalue weighted by Crippen LogP contribution is -2.67. The lowest BCUT2D eigenvalue weighted by molar-refractivity contribution is -0.110. The second kappa shape index (κ2) is 14.3. The predicted octanol–water partition coefficient (Wildman–Crippen LogP) is 7.77. The average Bonchev–Trinajstić information content (AvgIpc) is 2.94. The highest BCUT2D eigenvalue weighted by Gasteiger charge is 2.51. The summed E-state index contributed by atoms with van der Waals surface area (Å²) in [5, 5.41) is 2.45. The minimum absolute atomic E-state index is 0.108. The van der Waals surface area contributed by atoms with Crippen LogP contribution in [0.2, 0.25) is 5.04 Å². The number of aldehydes is 1. The van der Waals surface area contributed by atoms with E-state index in [2.05, 4.69) is 112 Å². The molecule has 0 N–H and O–H groups in total. The van der Waals surface area contributed by atoms with E-state index in [1.165, 1.54) is 21.5 Å². The molecule has 3 nitrogen and oxygen atoms in total. The Labute approximate surface area is 237 Å². The van der Waals surface area contributed by atoms with Gasteiger partial charge in [0.1, 0.15) is 6.29 Å². The number of carbonyl (C=O) groups is 1. The molecule has 0 bridgehead atoms. The summed E-state index contributed by atoms with van der Waals surface area (Å²) in [7, 11) is -2.74. The van der Waals surface area contributed by atoms with Crippen LogP contribution < -0.4 is 10.4 Å². The molecule has 2 atom stereocenters. The van der Waals surface area contributed by atoms with Crippen molar-refractivity contribution in [3.8, 4) is 0 Å². The van der Waals surface area contributed by atoms with Gasteiger partial charge in [0.15, 0.2) is 0 Å². The van der Waals surface area contributed by atoms with Gasteiger partial charge >= 0.3 is 0 Å². The Morgan fingerprint density at radius 3 is 2.03 bits per heavy atom. The Hall–Kier alpha value is -3.08. The van der Waals surface area contributed by atoms with Gasteiger partial charge < -0.3 is 9.22 Å². The molecule has 4 heteroatoms. The quantitative estimate of drug-likeness (QED) is 0.126. The van der Waals surface area contributed by atoms with Gasteiger partial charge in [0.05, 0.1) is 11.8 Å². The van der Waals surface area contributed by atoms with Crippen LogP contribution in [0.25, 0.3) is 6.08 Å². The smallest absolute Gasteiger partial charge is 0.261 e. The maximum Gasteiger partial charge on any atom is 0.261 e. The zero-order valence-electron chi connectivity index (χ0n) is 24.6. The monoisotopic (exact) mass is 539 g/mol. The summed E-state index contributed by atoms with van der Waals surface area (Å²) in [4.78, 5) is 15.6. The number of hydrogen-bond donors (Lipinski definition) is 0. The fourth-order valence-electron chi connectivity index (χ4n) is 5.20. The zero-order chi connectivity index (χ0) is 28.3. The summed E-state index contributed by atoms with van der Waals surface area (Å²) < 4.78 is 7.57. The Morgan fingerprint density at radius 1 is 0.923 bits per heavy atom. The number of hydrogen-bond acceptors (Lipinski definition) is 3. The minimum Gasteiger partial charge on any atom is -0.400 e. The third kappa shape index (κ3) is 8.20. The van der Waals surface area contributed by atoms with Crippen molar-refractivity contribution in [2.24, 2.45) is 5.92 Å². The van der Waals surface area contributed by atoms with Crippen LogP contribution in [-0.2, 0) is 9.22 Å². The Bertz CT molecular complexity index is 1170. The maximum atomic E-state index is 11.0. The number of allylic oxidation sites excluding steroid dienone is 1. The van der Waals surface area contributed by atoms with Crippen LogP contribution >= 0.6 is 0 Å². The number of pyridine rings is 1. The van der Waals surface area contributed by atoms with E-state index in [4.69, 9.17) is 4.43 Å². The van der Waals surface area contributed by atoms with Crippen molar-refractivity contribution in [3.63, 3.8) is 0 Å². The van der Waals surface area contributed by atoms with Crippen LogP contribution in [-0.4, -0.2) is 25.7 Å². The van der Waals surface area contributed by atoms with Crippen molar-refractivity contribution in [1.82, 2.24) is 4.98 Å². The van der Waals surface area contributed by atoms with Crippen molar-refractivity contribution < 1.29 is 9.22 Å². The van der Waals surface area contributed by atoms with Crippen LogP contribution in [0.3, 0.4) is 0 Å². The summed E-state index contributed by atoms with van der Waals surface area (Å²) in [6.07, 6.45) is 11.0. The number of aromatic nitrogens is 1. The van der Waals surface area contributed by atoms with Crippen LogP contribution in [0.1, 0.15) is 72.9 Å². The Morgan fingerprint density at radius 2 is 1.51 bits per heavy atom.